The Morgan fingerprint density at radius 1 is 1.15 bits per heavy atom. The molecule has 0 spiro atoms. The van der Waals surface area contributed by atoms with E-state index in [1.54, 1.807) is 30.6 Å². The molecule has 3 rings (SSSR count). The third-order valence-corrected chi connectivity index (χ3v) is 4.23. The molecule has 1 fully saturated rings. The second-order valence-corrected chi connectivity index (χ2v) is 6.14. The summed E-state index contributed by atoms with van der Waals surface area (Å²) < 4.78 is 1.15. The minimum atomic E-state index is -0.333. The standard InChI is InChI=1S/C18H21N5O3/c24-16(20-8-2-12-22-11-1-3-17(22)25)13-23-18(26)5-4-15(21-23)14-6-9-19-10-7-14/h4-7,9-10H,1-3,8,11-13H2,(H,20,24). The molecule has 2 amide bonds. The van der Waals surface area contributed by atoms with Gasteiger partial charge in [0.1, 0.15) is 6.54 Å². The number of rotatable bonds is 7. The van der Waals surface area contributed by atoms with Crippen LogP contribution in [0.1, 0.15) is 19.3 Å². The van der Waals surface area contributed by atoms with Gasteiger partial charge in [-0.15, -0.1) is 0 Å². The minimum Gasteiger partial charge on any atom is -0.354 e. The van der Waals surface area contributed by atoms with Crippen LogP contribution in [0.3, 0.4) is 0 Å². The molecular weight excluding hydrogens is 334 g/mol. The Morgan fingerprint density at radius 3 is 2.69 bits per heavy atom. The van der Waals surface area contributed by atoms with Crippen LogP contribution in [0.5, 0.6) is 0 Å². The summed E-state index contributed by atoms with van der Waals surface area (Å²) in [4.78, 5) is 41.3. The SMILES string of the molecule is O=C(Cn1nc(-c2ccncc2)ccc1=O)NCCCN1CCCC1=O. The molecule has 1 aliphatic rings. The maximum absolute atomic E-state index is 12.1. The molecule has 136 valence electrons. The van der Waals surface area contributed by atoms with Gasteiger partial charge in [-0.2, -0.15) is 5.10 Å². The third-order valence-electron chi connectivity index (χ3n) is 4.23. The summed E-state index contributed by atoms with van der Waals surface area (Å²) in [5, 5.41) is 7.02. The van der Waals surface area contributed by atoms with E-state index in [-0.39, 0.29) is 23.9 Å². The van der Waals surface area contributed by atoms with Gasteiger partial charge in [0.05, 0.1) is 5.69 Å². The molecule has 0 unspecified atom stereocenters. The van der Waals surface area contributed by atoms with Crippen molar-refractivity contribution in [1.82, 2.24) is 25.0 Å². The maximum atomic E-state index is 12.1. The van der Waals surface area contributed by atoms with Crippen molar-refractivity contribution >= 4 is 11.8 Å². The Kier molecular flexibility index (Phi) is 5.73. The van der Waals surface area contributed by atoms with E-state index in [9.17, 15) is 14.4 Å². The Labute approximate surface area is 150 Å². The lowest BCUT2D eigenvalue weighted by Crippen LogP contribution is -2.35. The average Bonchev–Trinajstić information content (AvgIpc) is 3.06. The predicted molar refractivity (Wildman–Crippen MR) is 95.2 cm³/mol. The summed E-state index contributed by atoms with van der Waals surface area (Å²) in [6, 6.07) is 6.60. The first-order valence-electron chi connectivity index (χ1n) is 8.66. The van der Waals surface area contributed by atoms with Crippen molar-refractivity contribution < 1.29 is 9.59 Å². The highest BCUT2D eigenvalue weighted by molar-refractivity contribution is 5.78. The van der Waals surface area contributed by atoms with E-state index < -0.39 is 0 Å². The molecule has 26 heavy (non-hydrogen) atoms. The van der Waals surface area contributed by atoms with E-state index in [4.69, 9.17) is 0 Å². The number of nitrogens with zero attached hydrogens (tertiary/aromatic N) is 4. The van der Waals surface area contributed by atoms with Gasteiger partial charge >= 0.3 is 0 Å². The van der Waals surface area contributed by atoms with E-state index in [0.717, 1.165) is 23.2 Å². The van der Waals surface area contributed by atoms with Crippen molar-refractivity contribution in [1.29, 1.82) is 0 Å². The summed E-state index contributed by atoms with van der Waals surface area (Å²) >= 11 is 0. The van der Waals surface area contributed by atoms with Crippen molar-refractivity contribution in [2.75, 3.05) is 19.6 Å². The van der Waals surface area contributed by atoms with Crippen molar-refractivity contribution in [2.45, 2.75) is 25.8 Å². The fourth-order valence-corrected chi connectivity index (χ4v) is 2.87. The molecular formula is C18H21N5O3. The highest BCUT2D eigenvalue weighted by Crippen LogP contribution is 2.13. The van der Waals surface area contributed by atoms with Crippen LogP contribution >= 0.6 is 0 Å². The van der Waals surface area contributed by atoms with E-state index in [1.807, 2.05) is 4.90 Å². The van der Waals surface area contributed by atoms with Crippen LogP contribution in [0, 0.1) is 0 Å². The van der Waals surface area contributed by atoms with Crippen molar-refractivity contribution in [2.24, 2.45) is 0 Å². The lowest BCUT2D eigenvalue weighted by Gasteiger charge is -2.15. The van der Waals surface area contributed by atoms with Gasteiger partial charge in [-0.25, -0.2) is 4.68 Å². The van der Waals surface area contributed by atoms with Crippen LogP contribution < -0.4 is 10.9 Å². The molecule has 1 saturated heterocycles. The number of carbonyl (C=O) groups excluding carboxylic acids is 2. The quantitative estimate of drug-likeness (QED) is 0.727. The van der Waals surface area contributed by atoms with Gasteiger partial charge in [0.2, 0.25) is 11.8 Å². The van der Waals surface area contributed by atoms with E-state index >= 15 is 0 Å². The third kappa shape index (κ3) is 4.53. The number of nitrogens with one attached hydrogen (secondary N) is 1. The lowest BCUT2D eigenvalue weighted by molar-refractivity contribution is -0.127. The van der Waals surface area contributed by atoms with Gasteiger partial charge in [0.25, 0.3) is 5.56 Å². The van der Waals surface area contributed by atoms with E-state index in [2.05, 4.69) is 15.4 Å². The first kappa shape index (κ1) is 17.8. The Bertz CT molecular complexity index is 834. The Hall–Kier alpha value is -3.03. The average molecular weight is 355 g/mol. The highest BCUT2D eigenvalue weighted by Gasteiger charge is 2.19. The number of likely N-dealkylation sites (tertiary alicyclic amines) is 1. The smallest absolute Gasteiger partial charge is 0.267 e. The number of pyridine rings is 1. The molecule has 8 heteroatoms. The summed E-state index contributed by atoms with van der Waals surface area (Å²) in [6.45, 7) is 1.77. The van der Waals surface area contributed by atoms with Gasteiger partial charge in [0, 0.05) is 50.1 Å². The Balaban J connectivity index is 1.52. The molecule has 1 aliphatic heterocycles. The summed E-state index contributed by atoms with van der Waals surface area (Å²) in [7, 11) is 0. The molecule has 0 radical (unpaired) electrons. The van der Waals surface area contributed by atoms with Gasteiger partial charge < -0.3 is 10.2 Å². The van der Waals surface area contributed by atoms with Crippen LogP contribution in [-0.2, 0) is 16.1 Å². The molecule has 3 heterocycles. The van der Waals surface area contributed by atoms with Crippen molar-refractivity contribution in [3.8, 4) is 11.3 Å². The van der Waals surface area contributed by atoms with Gasteiger partial charge in [-0.3, -0.25) is 19.4 Å². The van der Waals surface area contributed by atoms with Crippen LogP contribution in [0.4, 0.5) is 0 Å². The molecule has 0 aromatic carbocycles. The number of hydrogen-bond acceptors (Lipinski definition) is 5. The summed E-state index contributed by atoms with van der Waals surface area (Å²) in [6.07, 6.45) is 5.51. The first-order valence-corrected chi connectivity index (χ1v) is 8.66. The van der Waals surface area contributed by atoms with Crippen LogP contribution in [0.25, 0.3) is 11.3 Å². The van der Waals surface area contributed by atoms with E-state index in [0.29, 0.717) is 31.6 Å². The van der Waals surface area contributed by atoms with E-state index in [1.165, 1.54) is 6.07 Å². The fraction of sp³-hybridized carbons (Fsp3) is 0.389. The topological polar surface area (TPSA) is 97.2 Å². The predicted octanol–water partition coefficient (Wildman–Crippen LogP) is 0.434. The number of hydrogen-bond donors (Lipinski definition) is 1. The lowest BCUT2D eigenvalue weighted by atomic mass is 10.2. The second kappa shape index (κ2) is 8.37. The monoisotopic (exact) mass is 355 g/mol. The summed E-state index contributed by atoms with van der Waals surface area (Å²) in [5.41, 5.74) is 1.09. The van der Waals surface area contributed by atoms with Crippen LogP contribution in [0.15, 0.2) is 41.5 Å². The van der Waals surface area contributed by atoms with Crippen LogP contribution in [0.2, 0.25) is 0 Å². The van der Waals surface area contributed by atoms with Crippen molar-refractivity contribution in [3.05, 3.63) is 47.0 Å². The normalized spacial score (nSPS) is 13.8. The molecule has 2 aromatic rings. The number of amides is 2. The Morgan fingerprint density at radius 2 is 1.96 bits per heavy atom. The van der Waals surface area contributed by atoms with Gasteiger partial charge in [0.15, 0.2) is 0 Å². The second-order valence-electron chi connectivity index (χ2n) is 6.14. The largest absolute Gasteiger partial charge is 0.354 e. The van der Waals surface area contributed by atoms with Gasteiger partial charge in [-0.1, -0.05) is 0 Å². The molecule has 2 aromatic heterocycles. The van der Waals surface area contributed by atoms with Crippen molar-refractivity contribution in [3.63, 3.8) is 0 Å². The zero-order valence-electron chi connectivity index (χ0n) is 14.4. The number of carbonyl (C=O) groups is 2. The summed E-state index contributed by atoms with van der Waals surface area (Å²) in [5.74, 6) is -0.0979. The van der Waals surface area contributed by atoms with Crippen LogP contribution in [-0.4, -0.2) is 51.1 Å². The number of aromatic nitrogens is 3. The maximum Gasteiger partial charge on any atom is 0.267 e. The molecule has 0 saturated carbocycles. The zero-order chi connectivity index (χ0) is 18.4. The minimum absolute atomic E-state index is 0.138. The van der Waals surface area contributed by atoms with Gasteiger partial charge in [-0.05, 0) is 31.0 Å². The fourth-order valence-electron chi connectivity index (χ4n) is 2.87. The highest BCUT2D eigenvalue weighted by atomic mass is 16.2. The first-order chi connectivity index (χ1) is 12.6. The zero-order valence-corrected chi connectivity index (χ0v) is 14.4. The molecule has 8 nitrogen and oxygen atoms in total. The molecule has 1 N–H and O–H groups in total. The molecule has 0 aliphatic carbocycles. The molecule has 0 atom stereocenters. The molecule has 0 bridgehead atoms.